The molecule has 0 amide bonds. The summed E-state index contributed by atoms with van der Waals surface area (Å²) in [6, 6.07) is 14.6. The van der Waals surface area contributed by atoms with Gasteiger partial charge >= 0.3 is 0 Å². The Bertz CT molecular complexity index is 664. The fraction of sp³-hybridized carbons (Fsp3) is 0.389. The Balaban J connectivity index is 1.90. The topological polar surface area (TPSA) is 39.1 Å². The van der Waals surface area contributed by atoms with Crippen LogP contribution in [0.4, 0.5) is 5.69 Å². The van der Waals surface area contributed by atoms with Crippen molar-refractivity contribution >= 4 is 16.5 Å². The van der Waals surface area contributed by atoms with Crippen LogP contribution in [0.5, 0.6) is 0 Å². The Kier molecular flexibility index (Phi) is 4.08. The van der Waals surface area contributed by atoms with Gasteiger partial charge in [0.1, 0.15) is 0 Å². The number of nitrogens with one attached hydrogen (secondary N) is 1. The van der Waals surface area contributed by atoms with Crippen molar-refractivity contribution in [2.45, 2.75) is 12.8 Å². The second-order valence-electron chi connectivity index (χ2n) is 5.78. The molecule has 0 unspecified atom stereocenters. The van der Waals surface area contributed by atoms with Crippen LogP contribution in [0.2, 0.25) is 0 Å². The molecule has 1 fully saturated rings. The van der Waals surface area contributed by atoms with E-state index in [1.807, 2.05) is 25.2 Å². The van der Waals surface area contributed by atoms with E-state index in [1.54, 1.807) is 0 Å². The number of benzene rings is 2. The summed E-state index contributed by atoms with van der Waals surface area (Å²) in [7, 11) is 2.03. The third-order valence-corrected chi connectivity index (χ3v) is 4.47. The molecule has 0 radical (unpaired) electrons. The average molecular weight is 279 g/mol. The highest BCUT2D eigenvalue weighted by Gasteiger charge is 2.20. The summed E-state index contributed by atoms with van der Waals surface area (Å²) in [5.74, 6) is 0.788. The van der Waals surface area contributed by atoms with Crippen molar-refractivity contribution in [1.82, 2.24) is 5.32 Å². The van der Waals surface area contributed by atoms with Gasteiger partial charge in [0.05, 0.1) is 11.6 Å². The molecule has 0 saturated carbocycles. The largest absolute Gasteiger partial charge is 0.371 e. The van der Waals surface area contributed by atoms with E-state index in [0.29, 0.717) is 0 Å². The normalized spacial score (nSPS) is 16.1. The first-order chi connectivity index (χ1) is 10.3. The molecule has 1 aliphatic rings. The van der Waals surface area contributed by atoms with Crippen LogP contribution in [0.1, 0.15) is 18.4 Å². The Morgan fingerprint density at radius 3 is 2.52 bits per heavy atom. The smallest absolute Gasteiger partial charge is 0.0998 e. The molecule has 108 valence electrons. The highest BCUT2D eigenvalue weighted by atomic mass is 15.1. The van der Waals surface area contributed by atoms with Crippen LogP contribution in [-0.4, -0.2) is 26.7 Å². The second-order valence-corrected chi connectivity index (χ2v) is 5.78. The number of piperidine rings is 1. The maximum atomic E-state index is 9.26. The molecular weight excluding hydrogens is 258 g/mol. The summed E-state index contributed by atoms with van der Waals surface area (Å²) in [6.45, 7) is 3.31. The molecule has 0 spiro atoms. The molecule has 3 heteroatoms. The lowest BCUT2D eigenvalue weighted by molar-refractivity contribution is 0.394. The van der Waals surface area contributed by atoms with Gasteiger partial charge in [0.25, 0.3) is 0 Å². The third kappa shape index (κ3) is 2.72. The molecule has 0 bridgehead atoms. The molecular formula is C18H21N3. The Morgan fingerprint density at radius 1 is 1.14 bits per heavy atom. The third-order valence-electron chi connectivity index (χ3n) is 4.47. The van der Waals surface area contributed by atoms with E-state index in [1.165, 1.54) is 23.9 Å². The van der Waals surface area contributed by atoms with Crippen LogP contribution in [0.15, 0.2) is 36.4 Å². The maximum Gasteiger partial charge on any atom is 0.0998 e. The summed E-state index contributed by atoms with van der Waals surface area (Å²) in [6.07, 6.45) is 2.46. The SMILES string of the molecule is CNCC1CCN(c2ccc(C#N)c3ccccc23)CC1. The first-order valence-corrected chi connectivity index (χ1v) is 7.65. The summed E-state index contributed by atoms with van der Waals surface area (Å²) in [5.41, 5.74) is 2.03. The number of rotatable bonds is 3. The lowest BCUT2D eigenvalue weighted by Crippen LogP contribution is -2.36. The molecule has 3 rings (SSSR count). The highest BCUT2D eigenvalue weighted by Crippen LogP contribution is 2.31. The predicted molar refractivity (Wildman–Crippen MR) is 87.5 cm³/mol. The van der Waals surface area contributed by atoms with Gasteiger partial charge < -0.3 is 10.2 Å². The Hall–Kier alpha value is -2.05. The van der Waals surface area contributed by atoms with Crippen molar-refractivity contribution in [3.8, 4) is 6.07 Å². The summed E-state index contributed by atoms with van der Waals surface area (Å²) in [5, 5.41) is 14.8. The fourth-order valence-corrected chi connectivity index (χ4v) is 3.32. The molecule has 1 aliphatic heterocycles. The van der Waals surface area contributed by atoms with Crippen molar-refractivity contribution in [3.05, 3.63) is 42.0 Å². The average Bonchev–Trinajstić information content (AvgIpc) is 2.55. The molecule has 0 atom stereocenters. The molecule has 1 heterocycles. The maximum absolute atomic E-state index is 9.26. The first kappa shape index (κ1) is 13.9. The van der Waals surface area contributed by atoms with Crippen LogP contribution in [0.3, 0.4) is 0 Å². The zero-order valence-electron chi connectivity index (χ0n) is 12.5. The van der Waals surface area contributed by atoms with Crippen LogP contribution < -0.4 is 10.2 Å². The van der Waals surface area contributed by atoms with Crippen molar-refractivity contribution < 1.29 is 0 Å². The number of fused-ring (bicyclic) bond motifs is 1. The molecule has 3 nitrogen and oxygen atoms in total. The quantitative estimate of drug-likeness (QED) is 0.938. The van der Waals surface area contributed by atoms with Gasteiger partial charge in [0.2, 0.25) is 0 Å². The molecule has 2 aromatic rings. The summed E-state index contributed by atoms with van der Waals surface area (Å²) in [4.78, 5) is 2.47. The minimum absolute atomic E-state index is 0.763. The predicted octanol–water partition coefficient (Wildman–Crippen LogP) is 3.15. The Labute approximate surface area is 126 Å². The Morgan fingerprint density at radius 2 is 1.86 bits per heavy atom. The van der Waals surface area contributed by atoms with E-state index in [4.69, 9.17) is 0 Å². The lowest BCUT2D eigenvalue weighted by atomic mass is 9.95. The van der Waals surface area contributed by atoms with E-state index in [9.17, 15) is 5.26 Å². The summed E-state index contributed by atoms with van der Waals surface area (Å²) < 4.78 is 0. The number of nitrogens with zero attached hydrogens (tertiary/aromatic N) is 2. The molecule has 1 saturated heterocycles. The van der Waals surface area contributed by atoms with E-state index in [-0.39, 0.29) is 0 Å². The van der Waals surface area contributed by atoms with Crippen LogP contribution in [-0.2, 0) is 0 Å². The molecule has 21 heavy (non-hydrogen) atoms. The van der Waals surface area contributed by atoms with Crippen molar-refractivity contribution in [1.29, 1.82) is 5.26 Å². The van der Waals surface area contributed by atoms with E-state index >= 15 is 0 Å². The van der Waals surface area contributed by atoms with E-state index < -0.39 is 0 Å². The molecule has 0 aromatic heterocycles. The number of hydrogen-bond acceptors (Lipinski definition) is 3. The second kappa shape index (κ2) is 6.15. The van der Waals surface area contributed by atoms with Gasteiger partial charge in [-0.3, -0.25) is 0 Å². The fourth-order valence-electron chi connectivity index (χ4n) is 3.32. The van der Waals surface area contributed by atoms with E-state index in [2.05, 4.69) is 34.5 Å². The monoisotopic (exact) mass is 279 g/mol. The zero-order valence-corrected chi connectivity index (χ0v) is 12.5. The van der Waals surface area contributed by atoms with Gasteiger partial charge in [-0.05, 0) is 44.5 Å². The zero-order chi connectivity index (χ0) is 14.7. The van der Waals surface area contributed by atoms with Crippen molar-refractivity contribution in [3.63, 3.8) is 0 Å². The van der Waals surface area contributed by atoms with E-state index in [0.717, 1.165) is 36.5 Å². The van der Waals surface area contributed by atoms with Gasteiger partial charge in [0, 0.05) is 29.5 Å². The van der Waals surface area contributed by atoms with Gasteiger partial charge in [-0.1, -0.05) is 24.3 Å². The van der Waals surface area contributed by atoms with Crippen LogP contribution >= 0.6 is 0 Å². The van der Waals surface area contributed by atoms with Crippen molar-refractivity contribution in [2.24, 2.45) is 5.92 Å². The van der Waals surface area contributed by atoms with Crippen LogP contribution in [0.25, 0.3) is 10.8 Å². The van der Waals surface area contributed by atoms with Gasteiger partial charge in [-0.25, -0.2) is 0 Å². The lowest BCUT2D eigenvalue weighted by Gasteiger charge is -2.34. The molecule has 2 aromatic carbocycles. The van der Waals surface area contributed by atoms with Crippen LogP contribution in [0, 0.1) is 17.2 Å². The first-order valence-electron chi connectivity index (χ1n) is 7.65. The summed E-state index contributed by atoms with van der Waals surface area (Å²) >= 11 is 0. The van der Waals surface area contributed by atoms with Crippen molar-refractivity contribution in [2.75, 3.05) is 31.6 Å². The number of hydrogen-bond donors (Lipinski definition) is 1. The van der Waals surface area contributed by atoms with Gasteiger partial charge in [-0.2, -0.15) is 5.26 Å². The number of anilines is 1. The van der Waals surface area contributed by atoms with Gasteiger partial charge in [-0.15, -0.1) is 0 Å². The highest BCUT2D eigenvalue weighted by molar-refractivity contribution is 5.97. The standard InChI is InChI=1S/C18H21N3/c1-20-13-14-8-10-21(11-9-14)18-7-6-15(12-19)16-4-2-3-5-17(16)18/h2-7,14,20H,8-11,13H2,1H3. The van der Waals surface area contributed by atoms with Gasteiger partial charge in [0.15, 0.2) is 0 Å². The number of nitriles is 1. The molecule has 1 N–H and O–H groups in total. The molecule has 0 aliphatic carbocycles. The minimum atomic E-state index is 0.763. The minimum Gasteiger partial charge on any atom is -0.371 e.